The molecule has 1 unspecified atom stereocenters. The van der Waals surface area contributed by atoms with Gasteiger partial charge in [-0.05, 0) is 61.2 Å². The number of carbonyl (C=O) groups is 1. The predicted molar refractivity (Wildman–Crippen MR) is 96.3 cm³/mol. The lowest BCUT2D eigenvalue weighted by Crippen LogP contribution is -2.45. The maximum atomic E-state index is 13.3. The van der Waals surface area contributed by atoms with Crippen LogP contribution in [0.15, 0.2) is 47.4 Å². The highest BCUT2D eigenvalue weighted by Crippen LogP contribution is 2.26. The van der Waals surface area contributed by atoms with Crippen molar-refractivity contribution in [3.63, 3.8) is 0 Å². The number of amides is 1. The minimum absolute atomic E-state index is 0.0437. The molecule has 1 N–H and O–H groups in total. The third-order valence-electron chi connectivity index (χ3n) is 4.62. The van der Waals surface area contributed by atoms with Crippen molar-refractivity contribution < 1.29 is 22.0 Å². The van der Waals surface area contributed by atoms with Gasteiger partial charge in [0.15, 0.2) is 0 Å². The Hall–Kier alpha value is -2.32. The van der Waals surface area contributed by atoms with Crippen LogP contribution in [0.25, 0.3) is 0 Å². The van der Waals surface area contributed by atoms with E-state index in [-0.39, 0.29) is 23.8 Å². The average Bonchev–Trinajstić information content (AvgIpc) is 3.13. The molecule has 27 heavy (non-hydrogen) atoms. The van der Waals surface area contributed by atoms with E-state index in [2.05, 4.69) is 5.32 Å². The molecule has 0 saturated carbocycles. The highest BCUT2D eigenvalue weighted by molar-refractivity contribution is 7.89. The van der Waals surface area contributed by atoms with Gasteiger partial charge in [0, 0.05) is 13.1 Å². The van der Waals surface area contributed by atoms with Crippen molar-refractivity contribution >= 4 is 15.9 Å². The molecule has 1 aliphatic heterocycles. The van der Waals surface area contributed by atoms with E-state index >= 15 is 0 Å². The molecule has 144 valence electrons. The van der Waals surface area contributed by atoms with Crippen molar-refractivity contribution in [1.82, 2.24) is 9.62 Å². The molecule has 2 aromatic rings. The molecule has 2 aromatic carbocycles. The molecule has 0 spiro atoms. The number of carbonyl (C=O) groups excluding carboxylic acids is 1. The fourth-order valence-electron chi connectivity index (χ4n) is 3.16. The smallest absolute Gasteiger partial charge is 0.243 e. The molecule has 5 nitrogen and oxygen atoms in total. The summed E-state index contributed by atoms with van der Waals surface area (Å²) >= 11 is 0. The minimum Gasteiger partial charge on any atom is -0.351 e. The maximum absolute atomic E-state index is 13.3. The molecular formula is C19H20F2N2O3S. The fourth-order valence-corrected chi connectivity index (χ4v) is 4.81. The van der Waals surface area contributed by atoms with E-state index in [1.807, 2.05) is 0 Å². The maximum Gasteiger partial charge on any atom is 0.243 e. The van der Waals surface area contributed by atoms with Crippen molar-refractivity contribution in [2.75, 3.05) is 6.54 Å². The molecule has 0 bridgehead atoms. The lowest BCUT2D eigenvalue weighted by molar-refractivity contribution is -0.124. The van der Waals surface area contributed by atoms with E-state index in [1.54, 1.807) is 19.1 Å². The van der Waals surface area contributed by atoms with Gasteiger partial charge < -0.3 is 5.32 Å². The summed E-state index contributed by atoms with van der Waals surface area (Å²) in [6.07, 6.45) is 0.975. The summed E-state index contributed by atoms with van der Waals surface area (Å²) in [5.74, 6) is -1.25. The molecule has 0 aliphatic carbocycles. The normalized spacial score (nSPS) is 17.8. The van der Waals surface area contributed by atoms with Gasteiger partial charge in [-0.25, -0.2) is 17.2 Å². The SMILES string of the molecule is Cc1cc(CNC(=O)C2CCCN2S(=O)(=O)c2ccc(F)cc2)ccc1F. The van der Waals surface area contributed by atoms with Crippen molar-refractivity contribution in [2.45, 2.75) is 37.2 Å². The van der Waals surface area contributed by atoms with Crippen LogP contribution in [0.1, 0.15) is 24.0 Å². The van der Waals surface area contributed by atoms with Gasteiger partial charge in [-0.2, -0.15) is 4.31 Å². The van der Waals surface area contributed by atoms with E-state index in [1.165, 1.54) is 18.2 Å². The number of nitrogens with zero attached hydrogens (tertiary/aromatic N) is 1. The molecule has 0 radical (unpaired) electrons. The fraction of sp³-hybridized carbons (Fsp3) is 0.316. The Morgan fingerprint density at radius 1 is 1.19 bits per heavy atom. The first-order valence-electron chi connectivity index (χ1n) is 8.59. The van der Waals surface area contributed by atoms with Crippen LogP contribution in [0.4, 0.5) is 8.78 Å². The summed E-state index contributed by atoms with van der Waals surface area (Å²) in [6, 6.07) is 8.27. The van der Waals surface area contributed by atoms with Crippen LogP contribution in [0, 0.1) is 18.6 Å². The van der Waals surface area contributed by atoms with E-state index in [0.717, 1.165) is 22.0 Å². The number of halogens is 2. The van der Waals surface area contributed by atoms with Gasteiger partial charge in [0.25, 0.3) is 0 Å². The summed E-state index contributed by atoms with van der Waals surface area (Å²) in [6.45, 7) is 2.04. The number of rotatable bonds is 5. The van der Waals surface area contributed by atoms with Gasteiger partial charge in [0.05, 0.1) is 4.90 Å². The lowest BCUT2D eigenvalue weighted by atomic mass is 10.1. The van der Waals surface area contributed by atoms with Gasteiger partial charge in [0.1, 0.15) is 17.7 Å². The van der Waals surface area contributed by atoms with Crippen LogP contribution >= 0.6 is 0 Å². The largest absolute Gasteiger partial charge is 0.351 e. The summed E-state index contributed by atoms with van der Waals surface area (Å²) in [7, 11) is -3.89. The van der Waals surface area contributed by atoms with E-state index < -0.39 is 27.8 Å². The Morgan fingerprint density at radius 3 is 2.56 bits per heavy atom. The first kappa shape index (κ1) is 19.4. The third-order valence-corrected chi connectivity index (χ3v) is 6.54. The molecule has 1 atom stereocenters. The average molecular weight is 394 g/mol. The molecule has 0 aromatic heterocycles. The van der Waals surface area contributed by atoms with E-state index in [4.69, 9.17) is 0 Å². The second-order valence-electron chi connectivity index (χ2n) is 6.53. The molecule has 1 heterocycles. The summed E-state index contributed by atoms with van der Waals surface area (Å²) in [5.41, 5.74) is 1.20. The highest BCUT2D eigenvalue weighted by Gasteiger charge is 2.39. The number of sulfonamides is 1. The zero-order chi connectivity index (χ0) is 19.6. The zero-order valence-electron chi connectivity index (χ0n) is 14.8. The van der Waals surface area contributed by atoms with E-state index in [0.29, 0.717) is 18.4 Å². The van der Waals surface area contributed by atoms with Crippen molar-refractivity contribution in [1.29, 1.82) is 0 Å². The predicted octanol–water partition coefficient (Wildman–Crippen LogP) is 2.74. The Morgan fingerprint density at radius 2 is 1.89 bits per heavy atom. The number of aryl methyl sites for hydroxylation is 1. The Bertz CT molecular complexity index is 946. The number of benzene rings is 2. The number of hydrogen-bond donors (Lipinski definition) is 1. The van der Waals surface area contributed by atoms with Crippen LogP contribution in [-0.2, 0) is 21.4 Å². The van der Waals surface area contributed by atoms with Gasteiger partial charge in [-0.1, -0.05) is 12.1 Å². The Labute approximate surface area is 157 Å². The summed E-state index contributed by atoms with van der Waals surface area (Å²) in [4.78, 5) is 12.5. The van der Waals surface area contributed by atoms with Gasteiger partial charge in [0.2, 0.25) is 15.9 Å². The standard InChI is InChI=1S/C19H20F2N2O3S/c1-13-11-14(4-9-17(13)21)12-22-19(24)18-3-2-10-23(18)27(25,26)16-7-5-15(20)6-8-16/h4-9,11,18H,2-3,10,12H2,1H3,(H,22,24). The molecule has 1 saturated heterocycles. The molecule has 1 fully saturated rings. The first-order chi connectivity index (χ1) is 12.8. The van der Waals surface area contributed by atoms with Crippen molar-refractivity contribution in [3.8, 4) is 0 Å². The van der Waals surface area contributed by atoms with Crippen LogP contribution in [0.3, 0.4) is 0 Å². The van der Waals surface area contributed by atoms with Crippen LogP contribution in [0.2, 0.25) is 0 Å². The molecule has 3 rings (SSSR count). The molecule has 8 heteroatoms. The van der Waals surface area contributed by atoms with Crippen LogP contribution < -0.4 is 5.32 Å². The van der Waals surface area contributed by atoms with E-state index in [9.17, 15) is 22.0 Å². The second kappa shape index (κ2) is 7.74. The van der Waals surface area contributed by atoms with Gasteiger partial charge in [-0.15, -0.1) is 0 Å². The van der Waals surface area contributed by atoms with Crippen molar-refractivity contribution in [3.05, 3.63) is 65.2 Å². The first-order valence-corrected chi connectivity index (χ1v) is 10.0. The molecule has 1 amide bonds. The monoisotopic (exact) mass is 394 g/mol. The summed E-state index contributed by atoms with van der Waals surface area (Å²) in [5, 5.41) is 2.72. The van der Waals surface area contributed by atoms with Gasteiger partial charge >= 0.3 is 0 Å². The molecule has 1 aliphatic rings. The number of nitrogens with one attached hydrogen (secondary N) is 1. The second-order valence-corrected chi connectivity index (χ2v) is 8.42. The van der Waals surface area contributed by atoms with Crippen LogP contribution in [0.5, 0.6) is 0 Å². The summed E-state index contributed by atoms with van der Waals surface area (Å²) < 4.78 is 53.2. The Balaban J connectivity index is 1.72. The quantitative estimate of drug-likeness (QED) is 0.848. The zero-order valence-corrected chi connectivity index (χ0v) is 15.6. The van der Waals surface area contributed by atoms with Crippen molar-refractivity contribution in [2.24, 2.45) is 0 Å². The molecular weight excluding hydrogens is 374 g/mol. The topological polar surface area (TPSA) is 66.5 Å². The Kier molecular flexibility index (Phi) is 5.57. The lowest BCUT2D eigenvalue weighted by Gasteiger charge is -2.23. The van der Waals surface area contributed by atoms with Crippen LogP contribution in [-0.4, -0.2) is 31.2 Å². The highest BCUT2D eigenvalue weighted by atomic mass is 32.2. The third kappa shape index (κ3) is 4.17. The number of hydrogen-bond acceptors (Lipinski definition) is 3. The minimum atomic E-state index is -3.89. The van der Waals surface area contributed by atoms with Gasteiger partial charge in [-0.3, -0.25) is 4.79 Å².